The molecule has 1 heteroatoms. The molecular weight excluding hydrogens is 158 g/mol. The fourth-order valence-corrected chi connectivity index (χ4v) is 2.13. The molecule has 1 aliphatic rings. The first-order chi connectivity index (χ1) is 6.25. The summed E-state index contributed by atoms with van der Waals surface area (Å²) < 4.78 is 0. The largest absolute Gasteiger partial charge is 0.306 e. The summed E-state index contributed by atoms with van der Waals surface area (Å²) in [4.78, 5) is 2.41. The summed E-state index contributed by atoms with van der Waals surface area (Å²) >= 11 is 0. The molecule has 0 saturated carbocycles. The van der Waals surface area contributed by atoms with Crippen LogP contribution in [0.4, 0.5) is 0 Å². The highest BCUT2D eigenvalue weighted by Crippen LogP contribution is 2.26. The Morgan fingerprint density at radius 3 is 2.85 bits per heavy atom. The lowest BCUT2D eigenvalue weighted by Crippen LogP contribution is -2.13. The SMILES string of the molecule is Cc1cccc(C2CCN(C)C2)c1. The Bertz CT molecular complexity index is 293. The average Bonchev–Trinajstić information content (AvgIpc) is 2.52. The van der Waals surface area contributed by atoms with Gasteiger partial charge < -0.3 is 4.90 Å². The van der Waals surface area contributed by atoms with E-state index in [0.29, 0.717) is 0 Å². The topological polar surface area (TPSA) is 3.24 Å². The van der Waals surface area contributed by atoms with Gasteiger partial charge in [0.05, 0.1) is 0 Å². The maximum absolute atomic E-state index is 2.41. The van der Waals surface area contributed by atoms with E-state index in [1.54, 1.807) is 0 Å². The second kappa shape index (κ2) is 3.51. The van der Waals surface area contributed by atoms with Crippen LogP contribution in [0.5, 0.6) is 0 Å². The summed E-state index contributed by atoms with van der Waals surface area (Å²) in [6.07, 6.45) is 1.32. The van der Waals surface area contributed by atoms with Gasteiger partial charge >= 0.3 is 0 Å². The molecule has 0 amide bonds. The van der Waals surface area contributed by atoms with E-state index in [9.17, 15) is 0 Å². The average molecular weight is 175 g/mol. The van der Waals surface area contributed by atoms with E-state index in [-0.39, 0.29) is 0 Å². The third kappa shape index (κ3) is 1.92. The maximum atomic E-state index is 2.41. The van der Waals surface area contributed by atoms with Gasteiger partial charge in [-0.2, -0.15) is 0 Å². The number of hydrogen-bond acceptors (Lipinski definition) is 1. The zero-order valence-corrected chi connectivity index (χ0v) is 8.46. The lowest BCUT2D eigenvalue weighted by Gasteiger charge is -2.11. The van der Waals surface area contributed by atoms with Crippen molar-refractivity contribution in [3.05, 3.63) is 35.4 Å². The summed E-state index contributed by atoms with van der Waals surface area (Å²) in [7, 11) is 2.20. The van der Waals surface area contributed by atoms with Crippen molar-refractivity contribution in [2.75, 3.05) is 20.1 Å². The molecule has 1 saturated heterocycles. The first kappa shape index (κ1) is 8.76. The molecular formula is C12H17N. The van der Waals surface area contributed by atoms with Gasteiger partial charge in [-0.3, -0.25) is 0 Å². The minimum Gasteiger partial charge on any atom is -0.306 e. The fourth-order valence-electron chi connectivity index (χ4n) is 2.13. The van der Waals surface area contributed by atoms with E-state index in [4.69, 9.17) is 0 Å². The molecule has 0 aromatic heterocycles. The Kier molecular flexibility index (Phi) is 2.36. The summed E-state index contributed by atoms with van der Waals surface area (Å²) in [5.41, 5.74) is 2.90. The number of likely N-dealkylation sites (tertiary alicyclic amines) is 1. The lowest BCUT2D eigenvalue weighted by molar-refractivity contribution is 0.411. The smallest absolute Gasteiger partial charge is 0.00477 e. The zero-order chi connectivity index (χ0) is 9.26. The molecule has 1 fully saturated rings. The molecule has 1 aliphatic heterocycles. The van der Waals surface area contributed by atoms with Crippen LogP contribution in [0.3, 0.4) is 0 Å². The standard InChI is InChI=1S/C12H17N/c1-10-4-3-5-11(8-10)12-6-7-13(2)9-12/h3-5,8,12H,6-7,9H2,1-2H3. The van der Waals surface area contributed by atoms with E-state index < -0.39 is 0 Å². The Balaban J connectivity index is 2.16. The first-order valence-electron chi connectivity index (χ1n) is 5.01. The molecule has 0 radical (unpaired) electrons. The van der Waals surface area contributed by atoms with Crippen LogP contribution in [0.25, 0.3) is 0 Å². The Morgan fingerprint density at radius 2 is 2.23 bits per heavy atom. The van der Waals surface area contributed by atoms with Crippen LogP contribution in [-0.2, 0) is 0 Å². The second-order valence-corrected chi connectivity index (χ2v) is 4.16. The normalized spacial score (nSPS) is 23.7. The summed E-state index contributed by atoms with van der Waals surface area (Å²) in [6, 6.07) is 8.92. The van der Waals surface area contributed by atoms with Crippen molar-refractivity contribution >= 4 is 0 Å². The van der Waals surface area contributed by atoms with Gasteiger partial charge in [-0.1, -0.05) is 29.8 Å². The van der Waals surface area contributed by atoms with E-state index in [1.165, 1.54) is 30.6 Å². The van der Waals surface area contributed by atoms with Crippen molar-refractivity contribution in [1.82, 2.24) is 4.90 Å². The quantitative estimate of drug-likeness (QED) is 0.633. The molecule has 2 rings (SSSR count). The van der Waals surface area contributed by atoms with Crippen molar-refractivity contribution < 1.29 is 0 Å². The van der Waals surface area contributed by atoms with E-state index in [0.717, 1.165) is 5.92 Å². The van der Waals surface area contributed by atoms with Crippen LogP contribution < -0.4 is 0 Å². The van der Waals surface area contributed by atoms with Gasteiger partial charge in [0.15, 0.2) is 0 Å². The Hall–Kier alpha value is -0.820. The van der Waals surface area contributed by atoms with Crippen LogP contribution in [0.15, 0.2) is 24.3 Å². The molecule has 70 valence electrons. The van der Waals surface area contributed by atoms with Crippen molar-refractivity contribution in [3.63, 3.8) is 0 Å². The van der Waals surface area contributed by atoms with Gasteiger partial charge in [0.1, 0.15) is 0 Å². The second-order valence-electron chi connectivity index (χ2n) is 4.16. The van der Waals surface area contributed by atoms with Crippen LogP contribution in [0, 0.1) is 6.92 Å². The highest BCUT2D eigenvalue weighted by Gasteiger charge is 2.20. The number of aryl methyl sites for hydroxylation is 1. The van der Waals surface area contributed by atoms with Crippen molar-refractivity contribution in [2.45, 2.75) is 19.3 Å². The molecule has 13 heavy (non-hydrogen) atoms. The van der Waals surface area contributed by atoms with Gasteiger partial charge in [0, 0.05) is 6.54 Å². The molecule has 1 aromatic carbocycles. The molecule has 0 spiro atoms. The monoisotopic (exact) mass is 175 g/mol. The van der Waals surface area contributed by atoms with Crippen LogP contribution in [-0.4, -0.2) is 25.0 Å². The van der Waals surface area contributed by atoms with Crippen LogP contribution in [0.1, 0.15) is 23.5 Å². The fraction of sp³-hybridized carbons (Fsp3) is 0.500. The van der Waals surface area contributed by atoms with Crippen molar-refractivity contribution in [3.8, 4) is 0 Å². The van der Waals surface area contributed by atoms with E-state index in [1.807, 2.05) is 0 Å². The number of rotatable bonds is 1. The van der Waals surface area contributed by atoms with Gasteiger partial charge in [0.2, 0.25) is 0 Å². The molecule has 1 atom stereocenters. The van der Waals surface area contributed by atoms with Crippen molar-refractivity contribution in [1.29, 1.82) is 0 Å². The van der Waals surface area contributed by atoms with Crippen molar-refractivity contribution in [2.24, 2.45) is 0 Å². The van der Waals surface area contributed by atoms with E-state index >= 15 is 0 Å². The highest BCUT2D eigenvalue weighted by atomic mass is 15.1. The lowest BCUT2D eigenvalue weighted by atomic mass is 9.97. The molecule has 1 aromatic rings. The molecule has 0 bridgehead atoms. The Morgan fingerprint density at radius 1 is 1.38 bits per heavy atom. The minimum absolute atomic E-state index is 0.768. The summed E-state index contributed by atoms with van der Waals surface area (Å²) in [5.74, 6) is 0.768. The zero-order valence-electron chi connectivity index (χ0n) is 8.46. The molecule has 0 aliphatic carbocycles. The maximum Gasteiger partial charge on any atom is 0.00477 e. The third-order valence-corrected chi connectivity index (χ3v) is 2.90. The molecule has 1 unspecified atom stereocenters. The third-order valence-electron chi connectivity index (χ3n) is 2.90. The molecule has 1 nitrogen and oxygen atoms in total. The van der Waals surface area contributed by atoms with E-state index in [2.05, 4.69) is 43.1 Å². The highest BCUT2D eigenvalue weighted by molar-refractivity contribution is 5.26. The first-order valence-corrected chi connectivity index (χ1v) is 5.01. The van der Waals surface area contributed by atoms with Gasteiger partial charge in [0.25, 0.3) is 0 Å². The van der Waals surface area contributed by atoms with Gasteiger partial charge in [-0.25, -0.2) is 0 Å². The number of likely N-dealkylation sites (N-methyl/N-ethyl adjacent to an activating group) is 1. The molecule has 1 heterocycles. The Labute approximate surface area is 80.4 Å². The summed E-state index contributed by atoms with van der Waals surface area (Å²) in [5, 5.41) is 0. The van der Waals surface area contributed by atoms with Crippen LogP contribution >= 0.6 is 0 Å². The predicted octanol–water partition coefficient (Wildman–Crippen LogP) is 2.41. The minimum atomic E-state index is 0.768. The van der Waals surface area contributed by atoms with Crippen LogP contribution in [0.2, 0.25) is 0 Å². The predicted molar refractivity (Wildman–Crippen MR) is 56.0 cm³/mol. The number of benzene rings is 1. The number of nitrogens with zero attached hydrogens (tertiary/aromatic N) is 1. The number of hydrogen-bond donors (Lipinski definition) is 0. The summed E-state index contributed by atoms with van der Waals surface area (Å²) in [6.45, 7) is 4.64. The van der Waals surface area contributed by atoms with Gasteiger partial charge in [-0.05, 0) is 38.4 Å². The molecule has 0 N–H and O–H groups in total. The van der Waals surface area contributed by atoms with Gasteiger partial charge in [-0.15, -0.1) is 0 Å².